The van der Waals surface area contributed by atoms with Crippen LogP contribution in [0.25, 0.3) is 0 Å². The first kappa shape index (κ1) is 22.1. The number of ether oxygens (including phenoxy) is 2. The van der Waals surface area contributed by atoms with E-state index in [1.807, 2.05) is 24.3 Å². The normalized spacial score (nSPS) is 11.0. The summed E-state index contributed by atoms with van der Waals surface area (Å²) in [6, 6.07) is 13.1. The second kappa shape index (κ2) is 10.9. The van der Waals surface area contributed by atoms with Gasteiger partial charge in [0.2, 0.25) is 0 Å². The fourth-order valence-corrected chi connectivity index (χ4v) is 3.09. The van der Waals surface area contributed by atoms with Gasteiger partial charge in [0.05, 0.1) is 7.11 Å². The largest absolute Gasteiger partial charge is 0.493 e. The highest BCUT2D eigenvalue weighted by molar-refractivity contribution is 6.31. The molecule has 0 radical (unpaired) electrons. The maximum Gasteiger partial charge on any atom is 0.251 e. The Balaban J connectivity index is 1.97. The van der Waals surface area contributed by atoms with Crippen LogP contribution in [0.1, 0.15) is 36.7 Å². The quantitative estimate of drug-likeness (QED) is 0.638. The van der Waals surface area contributed by atoms with E-state index in [1.165, 1.54) is 0 Å². The summed E-state index contributed by atoms with van der Waals surface area (Å²) in [5, 5.41) is 3.61. The van der Waals surface area contributed by atoms with Gasteiger partial charge in [-0.1, -0.05) is 36.7 Å². The van der Waals surface area contributed by atoms with Crippen molar-refractivity contribution in [1.29, 1.82) is 0 Å². The average Bonchev–Trinajstić information content (AvgIpc) is 2.70. The predicted molar refractivity (Wildman–Crippen MR) is 113 cm³/mol. The van der Waals surface area contributed by atoms with Crippen molar-refractivity contribution in [3.63, 3.8) is 0 Å². The van der Waals surface area contributed by atoms with E-state index in [4.69, 9.17) is 21.1 Å². The van der Waals surface area contributed by atoms with Crippen LogP contribution in [-0.2, 0) is 6.61 Å². The van der Waals surface area contributed by atoms with Gasteiger partial charge in [0, 0.05) is 35.3 Å². The Morgan fingerprint density at radius 1 is 1.18 bits per heavy atom. The van der Waals surface area contributed by atoms with Crippen LogP contribution >= 0.6 is 11.6 Å². The maximum atomic E-state index is 12.4. The second-order valence-corrected chi connectivity index (χ2v) is 7.13. The van der Waals surface area contributed by atoms with Gasteiger partial charge in [0.1, 0.15) is 6.61 Å². The summed E-state index contributed by atoms with van der Waals surface area (Å²) < 4.78 is 11.2. The molecule has 2 rings (SSSR count). The number of likely N-dealkylation sites (N-methyl/N-ethyl adjacent to an activating group) is 1. The number of nitrogens with one attached hydrogen (secondary N) is 1. The molecule has 1 N–H and O–H groups in total. The lowest BCUT2D eigenvalue weighted by Gasteiger charge is -2.24. The molecule has 0 bridgehead atoms. The predicted octanol–water partition coefficient (Wildman–Crippen LogP) is 4.39. The molecule has 2 aromatic carbocycles. The molecule has 0 aromatic heterocycles. The number of nitrogens with zero attached hydrogens (tertiary/aromatic N) is 1. The minimum atomic E-state index is -0.129. The molecule has 1 amide bonds. The fourth-order valence-electron chi connectivity index (χ4n) is 2.90. The lowest BCUT2D eigenvalue weighted by Crippen LogP contribution is -2.38. The summed E-state index contributed by atoms with van der Waals surface area (Å²) in [5.41, 5.74) is 1.42. The molecular formula is C22H29ClN2O3. The van der Waals surface area contributed by atoms with Gasteiger partial charge in [0.15, 0.2) is 11.5 Å². The molecule has 152 valence electrons. The highest BCUT2D eigenvalue weighted by Crippen LogP contribution is 2.29. The molecule has 0 saturated heterocycles. The van der Waals surface area contributed by atoms with Crippen molar-refractivity contribution in [3.05, 3.63) is 58.6 Å². The Bertz CT molecular complexity index is 780. The van der Waals surface area contributed by atoms with Gasteiger partial charge in [-0.2, -0.15) is 0 Å². The molecule has 0 unspecified atom stereocenters. The Hall–Kier alpha value is -2.24. The number of methoxy groups -OCH3 is 1. The Labute approximate surface area is 172 Å². The lowest BCUT2D eigenvalue weighted by atomic mass is 10.2. The molecule has 28 heavy (non-hydrogen) atoms. The summed E-state index contributed by atoms with van der Waals surface area (Å²) in [4.78, 5) is 14.7. The molecule has 0 aliphatic rings. The molecule has 0 aliphatic carbocycles. The van der Waals surface area contributed by atoms with Gasteiger partial charge >= 0.3 is 0 Å². The third kappa shape index (κ3) is 6.14. The molecule has 0 saturated carbocycles. The smallest absolute Gasteiger partial charge is 0.251 e. The second-order valence-electron chi connectivity index (χ2n) is 6.72. The first-order chi connectivity index (χ1) is 13.5. The third-order valence-electron chi connectivity index (χ3n) is 4.59. The van der Waals surface area contributed by atoms with Crippen molar-refractivity contribution in [3.8, 4) is 11.5 Å². The maximum absolute atomic E-state index is 12.4. The molecule has 5 nitrogen and oxygen atoms in total. The molecule has 0 spiro atoms. The van der Waals surface area contributed by atoms with Gasteiger partial charge in [-0.15, -0.1) is 0 Å². The van der Waals surface area contributed by atoms with Gasteiger partial charge in [-0.3, -0.25) is 9.69 Å². The van der Waals surface area contributed by atoms with Crippen LogP contribution < -0.4 is 14.8 Å². The third-order valence-corrected chi connectivity index (χ3v) is 4.96. The van der Waals surface area contributed by atoms with Crippen molar-refractivity contribution in [1.82, 2.24) is 10.2 Å². The molecule has 6 heteroatoms. The summed E-state index contributed by atoms with van der Waals surface area (Å²) in [5.74, 6) is 0.948. The minimum Gasteiger partial charge on any atom is -0.493 e. The monoisotopic (exact) mass is 404 g/mol. The van der Waals surface area contributed by atoms with Crippen molar-refractivity contribution in [2.24, 2.45) is 0 Å². The van der Waals surface area contributed by atoms with Crippen LogP contribution in [0.2, 0.25) is 5.02 Å². The van der Waals surface area contributed by atoms with Crippen LogP contribution in [0.3, 0.4) is 0 Å². The van der Waals surface area contributed by atoms with E-state index in [2.05, 4.69) is 31.0 Å². The van der Waals surface area contributed by atoms with E-state index in [1.54, 1.807) is 25.3 Å². The summed E-state index contributed by atoms with van der Waals surface area (Å²) in [7, 11) is 1.56. The van der Waals surface area contributed by atoms with Gasteiger partial charge in [-0.05, 0) is 44.7 Å². The summed E-state index contributed by atoms with van der Waals surface area (Å²) in [6.07, 6.45) is 0. The molecular weight excluding hydrogens is 376 g/mol. The van der Waals surface area contributed by atoms with Crippen LogP contribution in [-0.4, -0.2) is 43.6 Å². The molecule has 0 atom stereocenters. The van der Waals surface area contributed by atoms with Crippen LogP contribution in [0, 0.1) is 0 Å². The van der Waals surface area contributed by atoms with E-state index < -0.39 is 0 Å². The number of amides is 1. The molecule has 0 aliphatic heterocycles. The molecule has 2 aromatic rings. The zero-order chi connectivity index (χ0) is 20.5. The molecule has 0 fully saturated rings. The van der Waals surface area contributed by atoms with Gasteiger partial charge < -0.3 is 14.8 Å². The first-order valence-corrected chi connectivity index (χ1v) is 9.90. The average molecular weight is 405 g/mol. The van der Waals surface area contributed by atoms with Crippen LogP contribution in [0.15, 0.2) is 42.5 Å². The highest BCUT2D eigenvalue weighted by atomic mass is 35.5. The number of hydrogen-bond acceptors (Lipinski definition) is 4. The Morgan fingerprint density at radius 3 is 2.57 bits per heavy atom. The number of benzene rings is 2. The number of hydrogen-bond donors (Lipinski definition) is 1. The number of carbonyl (C=O) groups excluding carboxylic acids is 1. The lowest BCUT2D eigenvalue weighted by molar-refractivity contribution is 0.0945. The summed E-state index contributed by atoms with van der Waals surface area (Å²) >= 11 is 6.16. The topological polar surface area (TPSA) is 50.8 Å². The minimum absolute atomic E-state index is 0.129. The van der Waals surface area contributed by atoms with Crippen LogP contribution in [0.5, 0.6) is 11.5 Å². The molecule has 0 heterocycles. The SMILES string of the molecule is CCN(CCNC(=O)c1ccc(OCc2ccccc2Cl)c(OC)c1)C(C)C. The van der Waals surface area contributed by atoms with Gasteiger partial charge in [0.25, 0.3) is 5.91 Å². The van der Waals surface area contributed by atoms with E-state index in [0.29, 0.717) is 41.3 Å². The zero-order valence-corrected chi connectivity index (χ0v) is 17.8. The van der Waals surface area contributed by atoms with E-state index in [0.717, 1.165) is 18.7 Å². The van der Waals surface area contributed by atoms with Crippen molar-refractivity contribution in [2.45, 2.75) is 33.4 Å². The van der Waals surface area contributed by atoms with Crippen LogP contribution in [0.4, 0.5) is 0 Å². The number of carbonyl (C=O) groups is 1. The van der Waals surface area contributed by atoms with E-state index in [-0.39, 0.29) is 5.91 Å². The van der Waals surface area contributed by atoms with Crippen molar-refractivity contribution >= 4 is 17.5 Å². The first-order valence-electron chi connectivity index (χ1n) is 9.52. The van der Waals surface area contributed by atoms with Crippen molar-refractivity contribution < 1.29 is 14.3 Å². The Kier molecular flexibility index (Phi) is 8.61. The van der Waals surface area contributed by atoms with E-state index in [9.17, 15) is 4.79 Å². The van der Waals surface area contributed by atoms with E-state index >= 15 is 0 Å². The zero-order valence-electron chi connectivity index (χ0n) is 17.0. The highest BCUT2D eigenvalue weighted by Gasteiger charge is 2.13. The number of halogens is 1. The fraction of sp³-hybridized carbons (Fsp3) is 0.409. The summed E-state index contributed by atoms with van der Waals surface area (Å²) in [6.45, 7) is 9.11. The van der Waals surface area contributed by atoms with Crippen molar-refractivity contribution in [2.75, 3.05) is 26.7 Å². The standard InChI is InChI=1S/C22H29ClN2O3/c1-5-25(16(2)3)13-12-24-22(26)17-10-11-20(21(14-17)27-4)28-15-18-8-6-7-9-19(18)23/h6-11,14,16H,5,12-13,15H2,1-4H3,(H,24,26). The Morgan fingerprint density at radius 2 is 1.93 bits per heavy atom. The van der Waals surface area contributed by atoms with Gasteiger partial charge in [-0.25, -0.2) is 0 Å². The number of rotatable bonds is 10.